The van der Waals surface area contributed by atoms with Gasteiger partial charge in [0.15, 0.2) is 0 Å². The summed E-state index contributed by atoms with van der Waals surface area (Å²) in [5.74, 6) is 0.799. The number of fused-ring (bicyclic) bond motifs is 1. The fourth-order valence-corrected chi connectivity index (χ4v) is 3.12. The molecule has 3 heteroatoms. The van der Waals surface area contributed by atoms with Crippen molar-refractivity contribution in [3.05, 3.63) is 95.8 Å². The summed E-state index contributed by atoms with van der Waals surface area (Å²) in [6.45, 7) is 6.65. The number of nitrogens with one attached hydrogen (secondary N) is 1. The van der Waals surface area contributed by atoms with Crippen LogP contribution < -0.4 is 10.8 Å². The second-order valence-electron chi connectivity index (χ2n) is 7.91. The monoisotopic (exact) mass is 368 g/mol. The molecule has 1 N–H and O–H groups in total. The Kier molecular flexibility index (Phi) is 4.74. The second kappa shape index (κ2) is 7.35. The summed E-state index contributed by atoms with van der Waals surface area (Å²) in [5, 5.41) is 6.46. The van der Waals surface area contributed by atoms with E-state index in [0.29, 0.717) is 0 Å². The molecule has 140 valence electrons. The SMILES string of the molecule is CC(C)(C)c1ccc(-c2c/c(=N/Nc3ccccc3)c3ccccc3o2)cc1. The van der Waals surface area contributed by atoms with Crippen LogP contribution in [0.1, 0.15) is 26.3 Å². The summed E-state index contributed by atoms with van der Waals surface area (Å²) in [6, 6.07) is 28.5. The molecule has 3 aromatic carbocycles. The molecule has 0 aliphatic heterocycles. The summed E-state index contributed by atoms with van der Waals surface area (Å²) >= 11 is 0. The highest BCUT2D eigenvalue weighted by molar-refractivity contribution is 5.78. The first-order valence-corrected chi connectivity index (χ1v) is 9.49. The van der Waals surface area contributed by atoms with Crippen molar-refractivity contribution < 1.29 is 4.42 Å². The molecule has 1 heterocycles. The molecular formula is C25H24N2O. The first kappa shape index (κ1) is 18.1. The number of anilines is 1. The van der Waals surface area contributed by atoms with Crippen molar-refractivity contribution in [3.63, 3.8) is 0 Å². The molecule has 0 bridgehead atoms. The molecule has 0 aliphatic carbocycles. The summed E-state index contributed by atoms with van der Waals surface area (Å²) < 4.78 is 6.18. The molecule has 0 radical (unpaired) electrons. The first-order valence-electron chi connectivity index (χ1n) is 9.49. The molecule has 4 aromatic rings. The summed E-state index contributed by atoms with van der Waals surface area (Å²) in [6.07, 6.45) is 0. The lowest BCUT2D eigenvalue weighted by atomic mass is 9.86. The molecule has 0 amide bonds. The van der Waals surface area contributed by atoms with E-state index in [-0.39, 0.29) is 5.41 Å². The average molecular weight is 368 g/mol. The van der Waals surface area contributed by atoms with E-state index in [9.17, 15) is 0 Å². The van der Waals surface area contributed by atoms with Gasteiger partial charge in [-0.1, -0.05) is 75.4 Å². The van der Waals surface area contributed by atoms with Gasteiger partial charge in [-0.2, -0.15) is 5.10 Å². The van der Waals surface area contributed by atoms with Crippen molar-refractivity contribution in [2.75, 3.05) is 5.43 Å². The minimum atomic E-state index is 0.124. The highest BCUT2D eigenvalue weighted by atomic mass is 16.3. The molecule has 0 atom stereocenters. The van der Waals surface area contributed by atoms with Gasteiger partial charge < -0.3 is 4.42 Å². The molecule has 0 saturated carbocycles. The van der Waals surface area contributed by atoms with Gasteiger partial charge in [0, 0.05) is 17.0 Å². The fourth-order valence-electron chi connectivity index (χ4n) is 3.12. The Labute approximate surface area is 165 Å². The number of para-hydroxylation sites is 2. The van der Waals surface area contributed by atoms with Gasteiger partial charge in [-0.3, -0.25) is 5.43 Å². The smallest absolute Gasteiger partial charge is 0.136 e. The molecule has 0 unspecified atom stereocenters. The van der Waals surface area contributed by atoms with Crippen LogP contribution >= 0.6 is 0 Å². The Morgan fingerprint density at radius 2 is 1.46 bits per heavy atom. The lowest BCUT2D eigenvalue weighted by Crippen LogP contribution is -2.10. The topological polar surface area (TPSA) is 37.5 Å². The van der Waals surface area contributed by atoms with E-state index < -0.39 is 0 Å². The summed E-state index contributed by atoms with van der Waals surface area (Å²) in [7, 11) is 0. The van der Waals surface area contributed by atoms with E-state index in [0.717, 1.165) is 33.3 Å². The van der Waals surface area contributed by atoms with Crippen molar-refractivity contribution in [2.45, 2.75) is 26.2 Å². The molecule has 3 nitrogen and oxygen atoms in total. The van der Waals surface area contributed by atoms with E-state index >= 15 is 0 Å². The predicted octanol–water partition coefficient (Wildman–Crippen LogP) is 6.33. The van der Waals surface area contributed by atoms with Crippen molar-refractivity contribution in [1.82, 2.24) is 0 Å². The van der Waals surface area contributed by atoms with Crippen molar-refractivity contribution in [3.8, 4) is 11.3 Å². The fraction of sp³-hybridized carbons (Fsp3) is 0.160. The third-order valence-electron chi connectivity index (χ3n) is 4.77. The summed E-state index contributed by atoms with van der Waals surface area (Å²) in [4.78, 5) is 0. The Hall–Kier alpha value is -3.33. The number of benzene rings is 3. The van der Waals surface area contributed by atoms with E-state index in [2.05, 4.69) is 55.6 Å². The molecule has 4 rings (SSSR count). The van der Waals surface area contributed by atoms with Crippen LogP contribution in [0.4, 0.5) is 5.69 Å². The van der Waals surface area contributed by atoms with Gasteiger partial charge in [-0.25, -0.2) is 0 Å². The van der Waals surface area contributed by atoms with Crippen LogP contribution in [-0.4, -0.2) is 0 Å². The number of nitrogens with zero attached hydrogens (tertiary/aromatic N) is 1. The van der Waals surface area contributed by atoms with Gasteiger partial charge in [0.05, 0.1) is 11.0 Å². The van der Waals surface area contributed by atoms with Crippen molar-refractivity contribution >= 4 is 16.7 Å². The van der Waals surface area contributed by atoms with Crippen LogP contribution in [0.15, 0.2) is 94.4 Å². The standard InChI is InChI=1S/C25H24N2O/c1-25(2,3)19-15-13-18(14-16-19)24-17-22(21-11-7-8-12-23(21)28-24)27-26-20-9-5-4-6-10-20/h4-17,26H,1-3H3/b27-22-. The first-order chi connectivity index (χ1) is 13.5. The van der Waals surface area contributed by atoms with E-state index in [4.69, 9.17) is 4.42 Å². The third kappa shape index (κ3) is 3.84. The molecule has 0 saturated heterocycles. The van der Waals surface area contributed by atoms with Gasteiger partial charge in [-0.05, 0) is 35.2 Å². The summed E-state index contributed by atoms with van der Waals surface area (Å²) in [5.41, 5.74) is 7.37. The zero-order chi connectivity index (χ0) is 19.6. The highest BCUT2D eigenvalue weighted by Gasteiger charge is 2.14. The van der Waals surface area contributed by atoms with Crippen LogP contribution in [0.25, 0.3) is 22.3 Å². The van der Waals surface area contributed by atoms with Gasteiger partial charge in [0.25, 0.3) is 0 Å². The van der Waals surface area contributed by atoms with E-state index in [1.165, 1.54) is 5.56 Å². The van der Waals surface area contributed by atoms with Crippen LogP contribution in [0.3, 0.4) is 0 Å². The highest BCUT2D eigenvalue weighted by Crippen LogP contribution is 2.27. The Morgan fingerprint density at radius 3 is 2.18 bits per heavy atom. The largest absolute Gasteiger partial charge is 0.456 e. The lowest BCUT2D eigenvalue weighted by molar-refractivity contribution is 0.589. The zero-order valence-corrected chi connectivity index (χ0v) is 16.4. The second-order valence-corrected chi connectivity index (χ2v) is 7.91. The van der Waals surface area contributed by atoms with Crippen LogP contribution in [0.2, 0.25) is 0 Å². The maximum Gasteiger partial charge on any atom is 0.136 e. The van der Waals surface area contributed by atoms with Crippen LogP contribution in [-0.2, 0) is 5.41 Å². The number of rotatable bonds is 3. The minimum absolute atomic E-state index is 0.124. The Morgan fingerprint density at radius 1 is 0.786 bits per heavy atom. The van der Waals surface area contributed by atoms with E-state index in [1.807, 2.05) is 60.7 Å². The van der Waals surface area contributed by atoms with Gasteiger partial charge in [-0.15, -0.1) is 0 Å². The van der Waals surface area contributed by atoms with E-state index in [1.54, 1.807) is 0 Å². The van der Waals surface area contributed by atoms with Gasteiger partial charge in [0.2, 0.25) is 0 Å². The molecule has 0 aliphatic rings. The van der Waals surface area contributed by atoms with Crippen molar-refractivity contribution in [2.24, 2.45) is 5.10 Å². The lowest BCUT2D eigenvalue weighted by Gasteiger charge is -2.19. The van der Waals surface area contributed by atoms with Crippen molar-refractivity contribution in [1.29, 1.82) is 0 Å². The maximum atomic E-state index is 6.18. The molecule has 0 fully saturated rings. The molecule has 0 spiro atoms. The Balaban J connectivity index is 1.80. The minimum Gasteiger partial charge on any atom is -0.456 e. The predicted molar refractivity (Wildman–Crippen MR) is 116 cm³/mol. The van der Waals surface area contributed by atoms with Gasteiger partial charge >= 0.3 is 0 Å². The zero-order valence-electron chi connectivity index (χ0n) is 16.4. The van der Waals surface area contributed by atoms with Crippen LogP contribution in [0, 0.1) is 0 Å². The number of hydrogen-bond acceptors (Lipinski definition) is 3. The molecule has 1 aromatic heterocycles. The normalized spacial score (nSPS) is 12.3. The molecule has 28 heavy (non-hydrogen) atoms. The quantitative estimate of drug-likeness (QED) is 0.429. The maximum absolute atomic E-state index is 6.18. The average Bonchev–Trinajstić information content (AvgIpc) is 2.72. The van der Waals surface area contributed by atoms with Gasteiger partial charge in [0.1, 0.15) is 11.3 Å². The number of hydrogen-bond donors (Lipinski definition) is 1. The Bertz CT molecular complexity index is 1150. The van der Waals surface area contributed by atoms with Crippen LogP contribution in [0.5, 0.6) is 0 Å². The molecular weight excluding hydrogens is 344 g/mol. The third-order valence-corrected chi connectivity index (χ3v) is 4.77.